The Labute approximate surface area is 128 Å². The minimum Gasteiger partial charge on any atom is -0.371 e. The highest BCUT2D eigenvalue weighted by atomic mass is 79.9. The van der Waals surface area contributed by atoms with Crippen molar-refractivity contribution in [3.8, 4) is 0 Å². The summed E-state index contributed by atoms with van der Waals surface area (Å²) < 4.78 is 6.64. The molecule has 0 aromatic heterocycles. The Morgan fingerprint density at radius 2 is 2.25 bits per heavy atom. The van der Waals surface area contributed by atoms with Crippen LogP contribution >= 0.6 is 15.9 Å². The van der Waals surface area contributed by atoms with Crippen LogP contribution in [-0.4, -0.2) is 25.7 Å². The highest BCUT2D eigenvalue weighted by Crippen LogP contribution is 2.33. The number of anilines is 1. The van der Waals surface area contributed by atoms with Crippen LogP contribution in [0.3, 0.4) is 0 Å². The van der Waals surface area contributed by atoms with Gasteiger partial charge in [-0.2, -0.15) is 0 Å². The second kappa shape index (κ2) is 5.86. The van der Waals surface area contributed by atoms with Crippen molar-refractivity contribution in [1.82, 2.24) is 0 Å². The van der Waals surface area contributed by atoms with Gasteiger partial charge in [0.25, 0.3) is 5.91 Å². The summed E-state index contributed by atoms with van der Waals surface area (Å²) in [4.78, 5) is 14.3. The van der Waals surface area contributed by atoms with Gasteiger partial charge < -0.3 is 9.64 Å². The smallest absolute Gasteiger partial charge is 0.252 e. The van der Waals surface area contributed by atoms with Gasteiger partial charge in [0.05, 0.1) is 6.61 Å². The molecular formula is C16H20BrNO2. The third-order valence-electron chi connectivity index (χ3n) is 4.02. The van der Waals surface area contributed by atoms with Gasteiger partial charge >= 0.3 is 0 Å². The third kappa shape index (κ3) is 3.07. The average Bonchev–Trinajstić information content (AvgIpc) is 3.21. The van der Waals surface area contributed by atoms with E-state index in [9.17, 15) is 4.79 Å². The maximum atomic E-state index is 12.4. The SMILES string of the molecule is Cc1cc(Br)cc2c1N(C(=O)COCC1CC1)CCC2. The Balaban J connectivity index is 1.72. The van der Waals surface area contributed by atoms with E-state index in [1.807, 2.05) is 4.90 Å². The standard InChI is InChI=1S/C16H20BrNO2/c1-11-7-14(17)8-13-3-2-6-18(16(11)13)15(19)10-20-9-12-4-5-12/h7-8,12H,2-6,9-10H2,1H3. The van der Waals surface area contributed by atoms with Gasteiger partial charge in [-0.05, 0) is 61.8 Å². The summed E-state index contributed by atoms with van der Waals surface area (Å²) in [7, 11) is 0. The van der Waals surface area contributed by atoms with Crippen LogP contribution < -0.4 is 4.90 Å². The number of amides is 1. The normalized spacial score (nSPS) is 18.0. The van der Waals surface area contributed by atoms with Crippen LogP contribution in [0.5, 0.6) is 0 Å². The number of carbonyl (C=O) groups is 1. The molecule has 0 unspecified atom stereocenters. The van der Waals surface area contributed by atoms with E-state index in [0.29, 0.717) is 5.92 Å². The number of halogens is 1. The summed E-state index contributed by atoms with van der Waals surface area (Å²) in [6, 6.07) is 4.21. The van der Waals surface area contributed by atoms with E-state index >= 15 is 0 Å². The molecule has 0 N–H and O–H groups in total. The van der Waals surface area contributed by atoms with Crippen LogP contribution in [0, 0.1) is 12.8 Å². The highest BCUT2D eigenvalue weighted by Gasteiger charge is 2.26. The zero-order chi connectivity index (χ0) is 14.1. The molecule has 20 heavy (non-hydrogen) atoms. The van der Waals surface area contributed by atoms with Gasteiger partial charge in [-0.1, -0.05) is 15.9 Å². The summed E-state index contributed by atoms with van der Waals surface area (Å²) in [6.45, 7) is 3.83. The molecule has 0 atom stereocenters. The van der Waals surface area contributed by atoms with Gasteiger partial charge in [-0.3, -0.25) is 4.79 Å². The minimum absolute atomic E-state index is 0.0945. The molecular weight excluding hydrogens is 318 g/mol. The van der Waals surface area contributed by atoms with Gasteiger partial charge in [0.15, 0.2) is 0 Å². The fraction of sp³-hybridized carbons (Fsp3) is 0.562. The molecule has 0 saturated heterocycles. The molecule has 1 saturated carbocycles. The molecule has 2 aliphatic rings. The van der Waals surface area contributed by atoms with E-state index in [1.54, 1.807) is 0 Å². The maximum Gasteiger partial charge on any atom is 0.252 e. The Hall–Kier alpha value is -0.870. The maximum absolute atomic E-state index is 12.4. The zero-order valence-electron chi connectivity index (χ0n) is 11.8. The quantitative estimate of drug-likeness (QED) is 0.841. The molecule has 1 aliphatic heterocycles. The molecule has 0 radical (unpaired) electrons. The lowest BCUT2D eigenvalue weighted by molar-refractivity contribution is -0.123. The molecule has 3 rings (SSSR count). The molecule has 0 bridgehead atoms. The van der Waals surface area contributed by atoms with E-state index in [4.69, 9.17) is 4.74 Å². The van der Waals surface area contributed by atoms with Crippen LogP contribution in [0.1, 0.15) is 30.4 Å². The van der Waals surface area contributed by atoms with Gasteiger partial charge in [0.1, 0.15) is 6.61 Å². The van der Waals surface area contributed by atoms with Crippen molar-refractivity contribution in [3.05, 3.63) is 27.7 Å². The molecule has 1 aromatic carbocycles. The van der Waals surface area contributed by atoms with Crippen LogP contribution in [0.25, 0.3) is 0 Å². The van der Waals surface area contributed by atoms with Crippen molar-refractivity contribution in [2.75, 3.05) is 24.7 Å². The van der Waals surface area contributed by atoms with Crippen LogP contribution in [0.4, 0.5) is 5.69 Å². The first-order valence-corrected chi connectivity index (χ1v) is 8.11. The first-order valence-electron chi connectivity index (χ1n) is 7.32. The molecule has 3 nitrogen and oxygen atoms in total. The predicted octanol–water partition coefficient (Wildman–Crippen LogP) is 3.46. The number of fused-ring (bicyclic) bond motifs is 1. The summed E-state index contributed by atoms with van der Waals surface area (Å²) in [5.74, 6) is 0.797. The summed E-state index contributed by atoms with van der Waals surface area (Å²) >= 11 is 3.53. The molecule has 1 heterocycles. The minimum atomic E-state index is 0.0945. The second-order valence-electron chi connectivity index (χ2n) is 5.84. The average molecular weight is 338 g/mol. The summed E-state index contributed by atoms with van der Waals surface area (Å²) in [6.07, 6.45) is 4.58. The Morgan fingerprint density at radius 3 is 3.00 bits per heavy atom. The number of ether oxygens (including phenoxy) is 1. The lowest BCUT2D eigenvalue weighted by Crippen LogP contribution is -2.38. The highest BCUT2D eigenvalue weighted by molar-refractivity contribution is 9.10. The van der Waals surface area contributed by atoms with Gasteiger partial charge in [-0.15, -0.1) is 0 Å². The predicted molar refractivity (Wildman–Crippen MR) is 83.1 cm³/mol. The molecule has 1 fully saturated rings. The fourth-order valence-electron chi connectivity index (χ4n) is 2.85. The van der Waals surface area contributed by atoms with Gasteiger partial charge in [-0.25, -0.2) is 0 Å². The summed E-state index contributed by atoms with van der Waals surface area (Å²) in [5.41, 5.74) is 3.52. The van der Waals surface area contributed by atoms with Crippen LogP contribution in [0.2, 0.25) is 0 Å². The number of nitrogens with zero attached hydrogens (tertiary/aromatic N) is 1. The van der Waals surface area contributed by atoms with E-state index in [1.165, 1.54) is 18.4 Å². The van der Waals surface area contributed by atoms with E-state index in [-0.39, 0.29) is 12.5 Å². The Bertz CT molecular complexity index is 525. The van der Waals surface area contributed by atoms with E-state index < -0.39 is 0 Å². The van der Waals surface area contributed by atoms with Gasteiger partial charge in [0, 0.05) is 16.7 Å². The topological polar surface area (TPSA) is 29.5 Å². The number of benzene rings is 1. The molecule has 1 aliphatic carbocycles. The molecule has 4 heteroatoms. The van der Waals surface area contributed by atoms with Crippen LogP contribution in [-0.2, 0) is 16.0 Å². The lowest BCUT2D eigenvalue weighted by atomic mass is 9.98. The number of hydrogen-bond donors (Lipinski definition) is 0. The van der Waals surface area contributed by atoms with Crippen molar-refractivity contribution >= 4 is 27.5 Å². The second-order valence-corrected chi connectivity index (χ2v) is 6.75. The molecule has 1 aromatic rings. The van der Waals surface area contributed by atoms with Crippen molar-refractivity contribution in [1.29, 1.82) is 0 Å². The summed E-state index contributed by atoms with van der Waals surface area (Å²) in [5, 5.41) is 0. The number of carbonyl (C=O) groups excluding carboxylic acids is 1. The zero-order valence-corrected chi connectivity index (χ0v) is 13.4. The largest absolute Gasteiger partial charge is 0.371 e. The lowest BCUT2D eigenvalue weighted by Gasteiger charge is -2.31. The third-order valence-corrected chi connectivity index (χ3v) is 4.48. The van der Waals surface area contributed by atoms with Crippen molar-refractivity contribution in [2.45, 2.75) is 32.6 Å². The van der Waals surface area contributed by atoms with E-state index in [0.717, 1.165) is 41.7 Å². The van der Waals surface area contributed by atoms with Crippen molar-refractivity contribution in [3.63, 3.8) is 0 Å². The first kappa shape index (κ1) is 14.1. The number of rotatable bonds is 4. The molecule has 1 amide bonds. The van der Waals surface area contributed by atoms with Gasteiger partial charge in [0.2, 0.25) is 0 Å². The first-order chi connectivity index (χ1) is 9.65. The van der Waals surface area contributed by atoms with E-state index in [2.05, 4.69) is 35.0 Å². The molecule has 108 valence electrons. The van der Waals surface area contributed by atoms with Crippen molar-refractivity contribution in [2.24, 2.45) is 5.92 Å². The number of aryl methyl sites for hydroxylation is 2. The fourth-order valence-corrected chi connectivity index (χ4v) is 3.47. The Morgan fingerprint density at radius 1 is 1.45 bits per heavy atom. The number of hydrogen-bond acceptors (Lipinski definition) is 2. The van der Waals surface area contributed by atoms with Crippen molar-refractivity contribution < 1.29 is 9.53 Å². The van der Waals surface area contributed by atoms with Crippen LogP contribution in [0.15, 0.2) is 16.6 Å². The monoisotopic (exact) mass is 337 g/mol. The molecule has 0 spiro atoms. The Kier molecular flexibility index (Phi) is 4.13.